The molecule has 3 heterocycles. The summed E-state index contributed by atoms with van der Waals surface area (Å²) in [5.41, 5.74) is 4.04. The Kier molecular flexibility index (Phi) is 5.31. The second-order valence-corrected chi connectivity index (χ2v) is 8.12. The van der Waals surface area contributed by atoms with E-state index in [1.54, 1.807) is 10.9 Å². The highest BCUT2D eigenvalue weighted by molar-refractivity contribution is 6.06. The van der Waals surface area contributed by atoms with Crippen LogP contribution in [-0.4, -0.2) is 38.8 Å². The van der Waals surface area contributed by atoms with Crippen LogP contribution >= 0.6 is 0 Å². The number of nitrogens with zero attached hydrogens (tertiary/aromatic N) is 4. The molecule has 162 valence electrons. The zero-order valence-electron chi connectivity index (χ0n) is 18.2. The predicted molar refractivity (Wildman–Crippen MR) is 122 cm³/mol. The molecule has 0 radical (unpaired) electrons. The van der Waals surface area contributed by atoms with Crippen molar-refractivity contribution in [2.75, 3.05) is 13.2 Å². The van der Waals surface area contributed by atoms with Gasteiger partial charge >= 0.3 is 0 Å². The normalized spacial score (nSPS) is 13.3. The summed E-state index contributed by atoms with van der Waals surface area (Å²) < 4.78 is 7.55. The third kappa shape index (κ3) is 3.93. The first-order valence-electron chi connectivity index (χ1n) is 10.9. The molecule has 3 aromatic heterocycles. The summed E-state index contributed by atoms with van der Waals surface area (Å²) in [5.74, 6) is 1.78. The van der Waals surface area contributed by atoms with Crippen LogP contribution in [0, 0.1) is 13.8 Å². The number of nitrogens with one attached hydrogen (secondary N) is 1. The van der Waals surface area contributed by atoms with Crippen molar-refractivity contribution in [3.63, 3.8) is 0 Å². The van der Waals surface area contributed by atoms with Gasteiger partial charge in [0.05, 0.1) is 23.2 Å². The largest absolute Gasteiger partial charge is 0.491 e. The van der Waals surface area contributed by atoms with Gasteiger partial charge in [-0.15, -0.1) is 0 Å². The van der Waals surface area contributed by atoms with Crippen molar-refractivity contribution in [3.05, 3.63) is 77.2 Å². The number of para-hydroxylation sites is 1. The summed E-state index contributed by atoms with van der Waals surface area (Å²) in [6.45, 7) is 4.71. The zero-order valence-corrected chi connectivity index (χ0v) is 18.2. The Hall–Kier alpha value is -3.74. The van der Waals surface area contributed by atoms with E-state index in [2.05, 4.69) is 15.4 Å². The third-order valence-electron chi connectivity index (χ3n) is 5.68. The number of hydrogen-bond acceptors (Lipinski definition) is 5. The van der Waals surface area contributed by atoms with Crippen LogP contribution in [0.1, 0.15) is 46.1 Å². The van der Waals surface area contributed by atoms with Gasteiger partial charge in [-0.2, -0.15) is 9.78 Å². The zero-order chi connectivity index (χ0) is 22.1. The van der Waals surface area contributed by atoms with E-state index in [4.69, 9.17) is 9.72 Å². The lowest BCUT2D eigenvalue weighted by Gasteiger charge is -2.11. The Morgan fingerprint density at radius 3 is 2.72 bits per heavy atom. The van der Waals surface area contributed by atoms with Crippen molar-refractivity contribution in [2.24, 2.45) is 0 Å². The molecule has 1 aliphatic rings. The molecule has 1 N–H and O–H groups in total. The molecule has 0 spiro atoms. The molecule has 1 saturated carbocycles. The Bertz CT molecular complexity index is 1280. The van der Waals surface area contributed by atoms with E-state index >= 15 is 0 Å². The minimum absolute atomic E-state index is 0.142. The first-order chi connectivity index (χ1) is 15.6. The first-order valence-corrected chi connectivity index (χ1v) is 10.9. The van der Waals surface area contributed by atoms with Gasteiger partial charge in [0, 0.05) is 17.8 Å². The molecule has 32 heavy (non-hydrogen) atoms. The number of pyridine rings is 2. The molecule has 0 unspecified atom stereocenters. The fraction of sp³-hybridized carbons (Fsp3) is 0.280. The topological polar surface area (TPSA) is 81.9 Å². The number of benzene rings is 1. The van der Waals surface area contributed by atoms with Crippen LogP contribution < -0.4 is 10.1 Å². The summed E-state index contributed by atoms with van der Waals surface area (Å²) in [6.07, 6.45) is 3.92. The van der Waals surface area contributed by atoms with Gasteiger partial charge in [-0.1, -0.05) is 24.3 Å². The Labute approximate surface area is 186 Å². The molecule has 0 atom stereocenters. The maximum atomic E-state index is 13.2. The van der Waals surface area contributed by atoms with Gasteiger partial charge in [0.1, 0.15) is 12.4 Å². The highest BCUT2D eigenvalue weighted by atomic mass is 16.5. The lowest BCUT2D eigenvalue weighted by atomic mass is 10.1. The van der Waals surface area contributed by atoms with E-state index in [1.165, 1.54) is 0 Å². The predicted octanol–water partition coefficient (Wildman–Crippen LogP) is 4.12. The summed E-state index contributed by atoms with van der Waals surface area (Å²) in [5, 5.41) is 8.42. The fourth-order valence-corrected chi connectivity index (χ4v) is 3.85. The van der Waals surface area contributed by atoms with Gasteiger partial charge in [-0.3, -0.25) is 4.79 Å². The number of aryl methyl sites for hydroxylation is 2. The quantitative estimate of drug-likeness (QED) is 0.449. The summed E-state index contributed by atoms with van der Waals surface area (Å²) >= 11 is 0. The number of rotatable bonds is 7. The Morgan fingerprint density at radius 2 is 1.97 bits per heavy atom. The van der Waals surface area contributed by atoms with Crippen LogP contribution in [-0.2, 0) is 0 Å². The first kappa shape index (κ1) is 20.2. The van der Waals surface area contributed by atoms with Gasteiger partial charge < -0.3 is 10.1 Å². The monoisotopic (exact) mass is 427 g/mol. The molecular weight excluding hydrogens is 402 g/mol. The van der Waals surface area contributed by atoms with Crippen molar-refractivity contribution in [1.29, 1.82) is 0 Å². The number of ether oxygens (including phenoxy) is 1. The van der Waals surface area contributed by atoms with Gasteiger partial charge in [0.15, 0.2) is 11.5 Å². The van der Waals surface area contributed by atoms with Crippen LogP contribution in [0.3, 0.4) is 0 Å². The van der Waals surface area contributed by atoms with Gasteiger partial charge in [-0.05, 0) is 56.5 Å². The Balaban J connectivity index is 1.42. The van der Waals surface area contributed by atoms with Crippen LogP contribution in [0.5, 0.6) is 5.75 Å². The van der Waals surface area contributed by atoms with Crippen molar-refractivity contribution in [2.45, 2.75) is 32.6 Å². The number of carbonyl (C=O) groups excluding carboxylic acids is 1. The van der Waals surface area contributed by atoms with Crippen LogP contribution in [0.25, 0.3) is 16.9 Å². The van der Waals surface area contributed by atoms with Gasteiger partial charge in [0.2, 0.25) is 0 Å². The smallest absolute Gasteiger partial charge is 0.252 e. The molecule has 1 aliphatic carbocycles. The number of amides is 1. The number of aromatic nitrogens is 4. The highest BCUT2D eigenvalue weighted by Gasteiger charge is 2.29. The minimum atomic E-state index is -0.142. The lowest BCUT2D eigenvalue weighted by molar-refractivity contribution is 0.0948. The van der Waals surface area contributed by atoms with E-state index in [0.717, 1.165) is 40.9 Å². The second-order valence-electron chi connectivity index (χ2n) is 8.12. The van der Waals surface area contributed by atoms with Crippen LogP contribution in [0.4, 0.5) is 0 Å². The number of fused-ring (bicyclic) bond motifs is 1. The summed E-state index contributed by atoms with van der Waals surface area (Å²) in [6, 6.07) is 15.4. The highest BCUT2D eigenvalue weighted by Crippen LogP contribution is 2.40. The minimum Gasteiger partial charge on any atom is -0.491 e. The summed E-state index contributed by atoms with van der Waals surface area (Å²) in [4.78, 5) is 22.5. The van der Waals surface area contributed by atoms with E-state index in [9.17, 15) is 4.79 Å². The van der Waals surface area contributed by atoms with E-state index in [-0.39, 0.29) is 5.91 Å². The maximum Gasteiger partial charge on any atom is 0.252 e. The number of carbonyl (C=O) groups is 1. The van der Waals surface area contributed by atoms with Crippen LogP contribution in [0.2, 0.25) is 0 Å². The summed E-state index contributed by atoms with van der Waals surface area (Å²) in [7, 11) is 0. The second kappa shape index (κ2) is 8.42. The molecule has 7 nitrogen and oxygen atoms in total. The van der Waals surface area contributed by atoms with Gasteiger partial charge in [-0.25, -0.2) is 9.97 Å². The molecule has 0 aliphatic heterocycles. The third-order valence-corrected chi connectivity index (χ3v) is 5.68. The molecule has 1 amide bonds. The van der Waals surface area contributed by atoms with Crippen molar-refractivity contribution >= 4 is 16.9 Å². The molecule has 1 fully saturated rings. The molecular formula is C25H25N5O2. The standard InChI is InChI=1S/C25H25N5O2/c1-16-7-3-4-8-21(16)32-14-13-27-25(31)19-15-20(18-10-11-18)28-24-23(19)17(2)29-30(24)22-9-5-6-12-26-22/h3-9,12,15,18H,10-11,13-14H2,1-2H3,(H,27,31). The average molecular weight is 428 g/mol. The van der Waals surface area contributed by atoms with Crippen LogP contribution in [0.15, 0.2) is 54.7 Å². The van der Waals surface area contributed by atoms with E-state index in [1.807, 2.05) is 62.4 Å². The molecule has 7 heteroatoms. The van der Waals surface area contributed by atoms with E-state index in [0.29, 0.717) is 36.1 Å². The Morgan fingerprint density at radius 1 is 1.16 bits per heavy atom. The molecule has 1 aromatic carbocycles. The molecule has 5 rings (SSSR count). The van der Waals surface area contributed by atoms with Gasteiger partial charge in [0.25, 0.3) is 5.91 Å². The number of hydrogen-bond donors (Lipinski definition) is 1. The van der Waals surface area contributed by atoms with E-state index < -0.39 is 0 Å². The lowest BCUT2D eigenvalue weighted by Crippen LogP contribution is -2.28. The molecule has 0 saturated heterocycles. The van der Waals surface area contributed by atoms with Crippen molar-refractivity contribution in [3.8, 4) is 11.6 Å². The average Bonchev–Trinajstić information content (AvgIpc) is 3.61. The van der Waals surface area contributed by atoms with Crippen molar-refractivity contribution in [1.82, 2.24) is 25.1 Å². The molecule has 0 bridgehead atoms. The maximum absolute atomic E-state index is 13.2. The molecule has 4 aromatic rings. The SMILES string of the molecule is Cc1ccccc1OCCNC(=O)c1cc(C2CC2)nc2c1c(C)nn2-c1ccccn1. The fourth-order valence-electron chi connectivity index (χ4n) is 3.85. The van der Waals surface area contributed by atoms with Crippen molar-refractivity contribution < 1.29 is 9.53 Å².